The lowest BCUT2D eigenvalue weighted by Crippen LogP contribution is -2.25. The second-order valence-corrected chi connectivity index (χ2v) is 4.26. The van der Waals surface area contributed by atoms with Gasteiger partial charge in [-0.1, -0.05) is 6.07 Å². The molecule has 1 fully saturated rings. The van der Waals surface area contributed by atoms with E-state index < -0.39 is 5.60 Å². The number of benzene rings is 1. The molecule has 0 radical (unpaired) electrons. The van der Waals surface area contributed by atoms with Gasteiger partial charge in [0.25, 0.3) is 0 Å². The highest BCUT2D eigenvalue weighted by Gasteiger charge is 2.34. The van der Waals surface area contributed by atoms with Crippen LogP contribution in [0.2, 0.25) is 0 Å². The van der Waals surface area contributed by atoms with E-state index in [0.717, 1.165) is 24.3 Å². The van der Waals surface area contributed by atoms with Gasteiger partial charge in [-0.2, -0.15) is 0 Å². The van der Waals surface area contributed by atoms with Gasteiger partial charge in [-0.3, -0.25) is 0 Å². The maximum atomic E-state index is 10.3. The van der Waals surface area contributed by atoms with Crippen molar-refractivity contribution >= 4 is 0 Å². The summed E-state index contributed by atoms with van der Waals surface area (Å²) in [5, 5.41) is 10.3. The highest BCUT2D eigenvalue weighted by molar-refractivity contribution is 5.41. The normalized spacial score (nSPS) is 28.9. The van der Waals surface area contributed by atoms with Crippen molar-refractivity contribution in [3.05, 3.63) is 29.3 Å². The Morgan fingerprint density at radius 3 is 3.00 bits per heavy atom. The minimum atomic E-state index is -0.780. The molecule has 0 aliphatic carbocycles. The van der Waals surface area contributed by atoms with Crippen molar-refractivity contribution in [3.8, 4) is 5.75 Å². The summed E-state index contributed by atoms with van der Waals surface area (Å²) in [6, 6.07) is 5.95. The Labute approximate surface area is 88.6 Å². The molecule has 0 amide bonds. The number of ether oxygens (including phenoxy) is 2. The van der Waals surface area contributed by atoms with Gasteiger partial charge in [0.2, 0.25) is 0 Å². The minimum absolute atomic E-state index is 0.409. The fourth-order valence-corrected chi connectivity index (χ4v) is 2.26. The van der Waals surface area contributed by atoms with Gasteiger partial charge in [-0.25, -0.2) is 0 Å². The van der Waals surface area contributed by atoms with E-state index in [1.807, 2.05) is 12.1 Å². The molecular formula is C12H14O3. The summed E-state index contributed by atoms with van der Waals surface area (Å²) < 4.78 is 10.7. The van der Waals surface area contributed by atoms with Crippen LogP contribution in [0.25, 0.3) is 0 Å². The first kappa shape index (κ1) is 9.19. The number of fused-ring (bicyclic) bond motifs is 1. The van der Waals surface area contributed by atoms with Gasteiger partial charge < -0.3 is 14.6 Å². The average molecular weight is 206 g/mol. The summed E-state index contributed by atoms with van der Waals surface area (Å²) in [6.45, 7) is 1.81. The van der Waals surface area contributed by atoms with E-state index in [9.17, 15) is 5.11 Å². The quantitative estimate of drug-likeness (QED) is 0.751. The molecule has 1 unspecified atom stereocenters. The zero-order chi connectivity index (χ0) is 10.3. The first-order valence-electron chi connectivity index (χ1n) is 5.34. The molecule has 3 rings (SSSR count). The van der Waals surface area contributed by atoms with Gasteiger partial charge in [0, 0.05) is 19.4 Å². The van der Waals surface area contributed by atoms with Crippen LogP contribution in [0.15, 0.2) is 18.2 Å². The Bertz CT molecular complexity index is 380. The third-order valence-corrected chi connectivity index (χ3v) is 3.23. The van der Waals surface area contributed by atoms with E-state index in [4.69, 9.17) is 9.47 Å². The molecule has 1 aromatic carbocycles. The van der Waals surface area contributed by atoms with Crippen molar-refractivity contribution in [2.45, 2.75) is 18.4 Å². The molecule has 1 atom stereocenters. The zero-order valence-electron chi connectivity index (χ0n) is 8.53. The van der Waals surface area contributed by atoms with Gasteiger partial charge in [0.05, 0.1) is 13.2 Å². The topological polar surface area (TPSA) is 38.7 Å². The molecule has 80 valence electrons. The third-order valence-electron chi connectivity index (χ3n) is 3.23. The van der Waals surface area contributed by atoms with Crippen molar-refractivity contribution in [2.75, 3.05) is 19.8 Å². The molecule has 2 aliphatic heterocycles. The van der Waals surface area contributed by atoms with Gasteiger partial charge in [0.1, 0.15) is 11.4 Å². The molecule has 1 N–H and O–H groups in total. The summed E-state index contributed by atoms with van der Waals surface area (Å²) in [6.07, 6.45) is 1.63. The van der Waals surface area contributed by atoms with Gasteiger partial charge in [0.15, 0.2) is 0 Å². The number of hydrogen-bond acceptors (Lipinski definition) is 3. The Kier molecular flexibility index (Phi) is 1.97. The highest BCUT2D eigenvalue weighted by atomic mass is 16.5. The SMILES string of the molecule is OC1(c2ccc3c(c2)CCO3)CCOC1. The molecule has 15 heavy (non-hydrogen) atoms. The zero-order valence-corrected chi connectivity index (χ0v) is 8.53. The third kappa shape index (κ3) is 1.43. The molecule has 0 bridgehead atoms. The van der Waals surface area contributed by atoms with Crippen molar-refractivity contribution in [2.24, 2.45) is 0 Å². The standard InChI is InChI=1S/C12H14O3/c13-12(4-6-14-8-12)10-1-2-11-9(7-10)3-5-15-11/h1-2,7,13H,3-6,8H2. The number of rotatable bonds is 1. The number of aliphatic hydroxyl groups is 1. The van der Waals surface area contributed by atoms with Crippen LogP contribution >= 0.6 is 0 Å². The monoisotopic (exact) mass is 206 g/mol. The number of hydrogen-bond donors (Lipinski definition) is 1. The average Bonchev–Trinajstić information content (AvgIpc) is 2.85. The Morgan fingerprint density at radius 1 is 1.27 bits per heavy atom. The smallest absolute Gasteiger partial charge is 0.122 e. The molecule has 0 saturated carbocycles. The van der Waals surface area contributed by atoms with E-state index in [2.05, 4.69) is 6.07 Å². The summed E-state index contributed by atoms with van der Waals surface area (Å²) in [5.41, 5.74) is 1.38. The molecule has 3 nitrogen and oxygen atoms in total. The summed E-state index contributed by atoms with van der Waals surface area (Å²) in [4.78, 5) is 0. The molecule has 0 spiro atoms. The summed E-state index contributed by atoms with van der Waals surface area (Å²) in [5.74, 6) is 0.960. The first-order chi connectivity index (χ1) is 7.28. The lowest BCUT2D eigenvalue weighted by molar-refractivity contribution is 0.0231. The van der Waals surface area contributed by atoms with E-state index in [0.29, 0.717) is 19.6 Å². The lowest BCUT2D eigenvalue weighted by Gasteiger charge is -2.21. The van der Waals surface area contributed by atoms with Crippen molar-refractivity contribution in [1.82, 2.24) is 0 Å². The Morgan fingerprint density at radius 2 is 2.20 bits per heavy atom. The Hall–Kier alpha value is -1.06. The van der Waals surface area contributed by atoms with Crippen LogP contribution in [0.4, 0.5) is 0 Å². The van der Waals surface area contributed by atoms with E-state index >= 15 is 0 Å². The highest BCUT2D eigenvalue weighted by Crippen LogP contribution is 2.34. The molecule has 0 aromatic heterocycles. The predicted molar refractivity (Wildman–Crippen MR) is 55.0 cm³/mol. The molecular weight excluding hydrogens is 192 g/mol. The molecule has 1 aromatic rings. The van der Waals surface area contributed by atoms with Crippen LogP contribution < -0.4 is 4.74 Å². The van der Waals surface area contributed by atoms with Crippen LogP contribution in [0.1, 0.15) is 17.5 Å². The van der Waals surface area contributed by atoms with Gasteiger partial charge in [-0.05, 0) is 23.3 Å². The summed E-state index contributed by atoms with van der Waals surface area (Å²) >= 11 is 0. The Balaban J connectivity index is 1.98. The van der Waals surface area contributed by atoms with Crippen molar-refractivity contribution in [3.63, 3.8) is 0 Å². The largest absolute Gasteiger partial charge is 0.493 e. The van der Waals surface area contributed by atoms with E-state index in [1.165, 1.54) is 5.56 Å². The van der Waals surface area contributed by atoms with Gasteiger partial charge in [-0.15, -0.1) is 0 Å². The van der Waals surface area contributed by atoms with Crippen LogP contribution in [0.3, 0.4) is 0 Å². The van der Waals surface area contributed by atoms with Crippen LogP contribution in [0, 0.1) is 0 Å². The van der Waals surface area contributed by atoms with E-state index in [1.54, 1.807) is 0 Å². The van der Waals surface area contributed by atoms with E-state index in [-0.39, 0.29) is 0 Å². The fraction of sp³-hybridized carbons (Fsp3) is 0.500. The van der Waals surface area contributed by atoms with Crippen molar-refractivity contribution in [1.29, 1.82) is 0 Å². The second kappa shape index (κ2) is 3.22. The van der Waals surface area contributed by atoms with Crippen LogP contribution in [-0.2, 0) is 16.8 Å². The minimum Gasteiger partial charge on any atom is -0.493 e. The van der Waals surface area contributed by atoms with Crippen LogP contribution in [0.5, 0.6) is 5.75 Å². The molecule has 2 heterocycles. The molecule has 2 aliphatic rings. The maximum absolute atomic E-state index is 10.3. The lowest BCUT2D eigenvalue weighted by atomic mass is 9.91. The van der Waals surface area contributed by atoms with Gasteiger partial charge >= 0.3 is 0 Å². The summed E-state index contributed by atoms with van der Waals surface area (Å²) in [7, 11) is 0. The van der Waals surface area contributed by atoms with Crippen molar-refractivity contribution < 1.29 is 14.6 Å². The fourth-order valence-electron chi connectivity index (χ4n) is 2.26. The predicted octanol–water partition coefficient (Wildman–Crippen LogP) is 1.23. The molecule has 1 saturated heterocycles. The maximum Gasteiger partial charge on any atom is 0.122 e. The molecule has 3 heteroatoms. The van der Waals surface area contributed by atoms with Crippen LogP contribution in [-0.4, -0.2) is 24.9 Å². The first-order valence-corrected chi connectivity index (χ1v) is 5.34. The second-order valence-electron chi connectivity index (χ2n) is 4.26.